The first-order chi connectivity index (χ1) is 17.4. The molecule has 1 aliphatic rings. The third-order valence-corrected chi connectivity index (χ3v) is 5.97. The highest BCUT2D eigenvalue weighted by atomic mass is 19.1. The number of benzene rings is 2. The van der Waals surface area contributed by atoms with E-state index < -0.39 is 29.3 Å². The van der Waals surface area contributed by atoms with Gasteiger partial charge in [-0.1, -0.05) is 19.4 Å². The maximum atomic E-state index is 14.4. The average molecular weight is 502 g/mol. The summed E-state index contributed by atoms with van der Waals surface area (Å²) in [5.41, 5.74) is 0.463. The number of amides is 1. The number of hydrogen-bond donors (Lipinski definition) is 1. The average Bonchev–Trinajstić information content (AvgIpc) is 3.13. The molecule has 0 bridgehead atoms. The second-order valence-corrected chi connectivity index (χ2v) is 8.30. The quantitative estimate of drug-likeness (QED) is 0.198. The summed E-state index contributed by atoms with van der Waals surface area (Å²) >= 11 is 0. The first kappa shape index (κ1) is 27.0. The molecule has 0 radical (unpaired) electrons. The van der Waals surface area contributed by atoms with E-state index in [1.807, 2.05) is 0 Å². The van der Waals surface area contributed by atoms with Crippen molar-refractivity contribution in [2.45, 2.75) is 32.2 Å². The Morgan fingerprint density at radius 2 is 1.69 bits per heavy atom. The Bertz CT molecular complexity index is 1130. The van der Waals surface area contributed by atoms with Crippen LogP contribution in [0.2, 0.25) is 0 Å². The zero-order valence-electron chi connectivity index (χ0n) is 21.0. The number of unbranched alkanes of at least 4 members (excludes halogenated alkanes) is 1. The number of hydrogen-bond acceptors (Lipinski definition) is 7. The SMILES string of the molecule is CCCCOc1ccc(C2/C(=C(/O)c3ccc(OC)c(F)c3)C(=O)C(=O)N2CCCOC)cc1OC. The first-order valence-corrected chi connectivity index (χ1v) is 11.8. The van der Waals surface area contributed by atoms with Gasteiger partial charge in [0.25, 0.3) is 11.7 Å². The van der Waals surface area contributed by atoms with Crippen LogP contribution in [-0.2, 0) is 14.3 Å². The lowest BCUT2D eigenvalue weighted by molar-refractivity contribution is -0.140. The highest BCUT2D eigenvalue weighted by molar-refractivity contribution is 6.46. The van der Waals surface area contributed by atoms with E-state index in [1.54, 1.807) is 25.3 Å². The van der Waals surface area contributed by atoms with E-state index in [0.29, 0.717) is 36.7 Å². The van der Waals surface area contributed by atoms with E-state index >= 15 is 0 Å². The summed E-state index contributed by atoms with van der Waals surface area (Å²) in [7, 11) is 4.37. The lowest BCUT2D eigenvalue weighted by atomic mass is 9.94. The summed E-state index contributed by atoms with van der Waals surface area (Å²) in [6.07, 6.45) is 2.33. The Labute approximate surface area is 210 Å². The van der Waals surface area contributed by atoms with Gasteiger partial charge in [0.1, 0.15) is 5.76 Å². The fourth-order valence-corrected chi connectivity index (χ4v) is 4.11. The first-order valence-electron chi connectivity index (χ1n) is 11.8. The van der Waals surface area contributed by atoms with Crippen molar-refractivity contribution in [2.75, 3.05) is 41.1 Å². The van der Waals surface area contributed by atoms with Gasteiger partial charge in [-0.2, -0.15) is 0 Å². The molecule has 2 aromatic carbocycles. The maximum absolute atomic E-state index is 14.4. The minimum Gasteiger partial charge on any atom is -0.507 e. The van der Waals surface area contributed by atoms with Crippen molar-refractivity contribution < 1.29 is 38.0 Å². The summed E-state index contributed by atoms with van der Waals surface area (Å²) in [5.74, 6) is -1.84. The number of rotatable bonds is 12. The van der Waals surface area contributed by atoms with Crippen LogP contribution in [0.5, 0.6) is 17.2 Å². The van der Waals surface area contributed by atoms with Gasteiger partial charge in [-0.15, -0.1) is 0 Å². The molecule has 2 aromatic rings. The summed E-state index contributed by atoms with van der Waals surface area (Å²) in [4.78, 5) is 27.6. The second-order valence-electron chi connectivity index (χ2n) is 8.30. The fraction of sp³-hybridized carbons (Fsp3) is 0.407. The molecule has 8 nitrogen and oxygen atoms in total. The topological polar surface area (TPSA) is 94.5 Å². The van der Waals surface area contributed by atoms with E-state index in [1.165, 1.54) is 31.3 Å². The molecule has 1 N–H and O–H groups in total. The van der Waals surface area contributed by atoms with Crippen molar-refractivity contribution in [2.24, 2.45) is 0 Å². The summed E-state index contributed by atoms with van der Waals surface area (Å²) in [6, 6.07) is 8.05. The summed E-state index contributed by atoms with van der Waals surface area (Å²) < 4.78 is 35.7. The van der Waals surface area contributed by atoms with Gasteiger partial charge >= 0.3 is 0 Å². The van der Waals surface area contributed by atoms with Crippen molar-refractivity contribution in [1.82, 2.24) is 4.90 Å². The zero-order valence-corrected chi connectivity index (χ0v) is 21.0. The number of ketones is 1. The van der Waals surface area contributed by atoms with Crippen molar-refractivity contribution >= 4 is 17.4 Å². The number of methoxy groups -OCH3 is 3. The van der Waals surface area contributed by atoms with Gasteiger partial charge in [-0.3, -0.25) is 9.59 Å². The van der Waals surface area contributed by atoms with Gasteiger partial charge in [-0.25, -0.2) is 4.39 Å². The standard InChI is InChI=1S/C27H32FNO7/c1-5-6-14-36-21-11-8-17(16-22(21)35-4)24-23(26(31)27(32)29(24)12-7-13-33-2)25(30)18-9-10-20(34-3)19(28)15-18/h8-11,15-16,24,30H,5-7,12-14H2,1-4H3/b25-23-. The van der Waals surface area contributed by atoms with Gasteiger partial charge in [0, 0.05) is 25.8 Å². The van der Waals surface area contributed by atoms with Crippen molar-refractivity contribution in [3.63, 3.8) is 0 Å². The Morgan fingerprint density at radius 3 is 2.33 bits per heavy atom. The van der Waals surface area contributed by atoms with Gasteiger partial charge in [-0.05, 0) is 48.7 Å². The van der Waals surface area contributed by atoms with Crippen LogP contribution in [0.25, 0.3) is 5.76 Å². The molecule has 1 heterocycles. The number of likely N-dealkylation sites (tertiary alicyclic amines) is 1. The number of Topliss-reactive ketones (excluding diaryl/α,β-unsaturated/α-hetero) is 1. The maximum Gasteiger partial charge on any atom is 0.295 e. The molecule has 1 amide bonds. The molecule has 194 valence electrons. The Kier molecular flexibility index (Phi) is 9.30. The van der Waals surface area contributed by atoms with Crippen LogP contribution in [0.1, 0.15) is 43.4 Å². The Balaban J connectivity index is 2.11. The molecule has 3 rings (SSSR count). The number of ether oxygens (including phenoxy) is 4. The van der Waals surface area contributed by atoms with Crippen LogP contribution in [0.15, 0.2) is 42.0 Å². The van der Waals surface area contributed by atoms with Gasteiger partial charge in [0.2, 0.25) is 0 Å². The number of nitrogens with zero attached hydrogens (tertiary/aromatic N) is 1. The molecule has 1 unspecified atom stereocenters. The minimum atomic E-state index is -0.911. The largest absolute Gasteiger partial charge is 0.507 e. The Morgan fingerprint density at radius 1 is 0.972 bits per heavy atom. The molecule has 9 heteroatoms. The molecule has 1 atom stereocenters. The third kappa shape index (κ3) is 5.62. The fourth-order valence-electron chi connectivity index (χ4n) is 4.11. The minimum absolute atomic E-state index is 0.00786. The monoisotopic (exact) mass is 501 g/mol. The molecule has 36 heavy (non-hydrogen) atoms. The van der Waals surface area contributed by atoms with Crippen molar-refractivity contribution in [1.29, 1.82) is 0 Å². The molecule has 1 fully saturated rings. The number of carbonyl (C=O) groups excluding carboxylic acids is 2. The van der Waals surface area contributed by atoms with Crippen LogP contribution in [0.3, 0.4) is 0 Å². The number of aliphatic hydroxyl groups is 1. The molecular formula is C27H32FNO7. The highest BCUT2D eigenvalue weighted by Gasteiger charge is 2.46. The lowest BCUT2D eigenvalue weighted by Crippen LogP contribution is -2.31. The normalized spacial score (nSPS) is 16.9. The van der Waals surface area contributed by atoms with Crippen LogP contribution >= 0.6 is 0 Å². The predicted octanol–water partition coefficient (Wildman–Crippen LogP) is 4.48. The Hall–Kier alpha value is -3.59. The molecule has 1 saturated heterocycles. The predicted molar refractivity (Wildman–Crippen MR) is 132 cm³/mol. The number of aliphatic hydroxyl groups excluding tert-OH is 1. The molecule has 0 aliphatic carbocycles. The van der Waals surface area contributed by atoms with Crippen molar-refractivity contribution in [3.05, 3.63) is 58.9 Å². The molecule has 0 saturated carbocycles. The lowest BCUT2D eigenvalue weighted by Gasteiger charge is -2.26. The van der Waals surface area contributed by atoms with E-state index in [9.17, 15) is 19.1 Å². The van der Waals surface area contributed by atoms with Crippen LogP contribution in [0.4, 0.5) is 4.39 Å². The molecule has 0 spiro atoms. The second kappa shape index (κ2) is 12.4. The van der Waals surface area contributed by atoms with Gasteiger partial charge in [0.05, 0.1) is 32.4 Å². The van der Waals surface area contributed by atoms with E-state index in [4.69, 9.17) is 18.9 Å². The third-order valence-electron chi connectivity index (χ3n) is 5.97. The zero-order chi connectivity index (χ0) is 26.2. The van der Waals surface area contributed by atoms with Crippen LogP contribution < -0.4 is 14.2 Å². The summed E-state index contributed by atoms with van der Waals surface area (Å²) in [6.45, 7) is 3.18. The van der Waals surface area contributed by atoms with Crippen LogP contribution in [0, 0.1) is 5.82 Å². The van der Waals surface area contributed by atoms with Gasteiger partial charge < -0.3 is 29.0 Å². The van der Waals surface area contributed by atoms with Crippen molar-refractivity contribution in [3.8, 4) is 17.2 Å². The van der Waals surface area contributed by atoms with Crippen LogP contribution in [-0.4, -0.2) is 62.8 Å². The number of carbonyl (C=O) groups is 2. The van der Waals surface area contributed by atoms with E-state index in [2.05, 4.69) is 6.92 Å². The molecule has 0 aromatic heterocycles. The smallest absolute Gasteiger partial charge is 0.295 e. The highest BCUT2D eigenvalue weighted by Crippen LogP contribution is 2.42. The molecule has 1 aliphatic heterocycles. The van der Waals surface area contributed by atoms with Gasteiger partial charge in [0.15, 0.2) is 23.1 Å². The van der Waals surface area contributed by atoms with E-state index in [0.717, 1.165) is 18.9 Å². The molecular weight excluding hydrogens is 469 g/mol. The number of halogens is 1. The van der Waals surface area contributed by atoms with E-state index in [-0.39, 0.29) is 23.4 Å². The summed E-state index contributed by atoms with van der Waals surface area (Å²) in [5, 5.41) is 11.1.